The topological polar surface area (TPSA) is 81.7 Å². The predicted molar refractivity (Wildman–Crippen MR) is 110 cm³/mol. The number of carbonyl (C=O) groups is 1. The van der Waals surface area contributed by atoms with Crippen LogP contribution in [0, 0.1) is 11.8 Å². The molecule has 158 valence electrons. The molecule has 2 rings (SSSR count). The number of esters is 1. The second kappa shape index (κ2) is 11.8. The molecule has 0 unspecified atom stereocenters. The standard InChI is InChI=1S/C20H30ClNO5S/c1-28(24,25)26-13-3-2-4-16-5-7-17(8-6-16)14-22-15-20(23)27-19-11-9-18(21)10-12-19/h9-12,16-17,22H,2-8,13-15H2,1H3. The number of rotatable bonds is 11. The Kier molecular flexibility index (Phi) is 9.71. The average Bonchev–Trinajstić information content (AvgIpc) is 2.64. The van der Waals surface area contributed by atoms with Crippen LogP contribution in [0.1, 0.15) is 44.9 Å². The van der Waals surface area contributed by atoms with Gasteiger partial charge < -0.3 is 10.1 Å². The van der Waals surface area contributed by atoms with Crippen molar-refractivity contribution in [2.45, 2.75) is 44.9 Å². The molecule has 1 fully saturated rings. The van der Waals surface area contributed by atoms with Crippen LogP contribution in [0.3, 0.4) is 0 Å². The molecule has 6 nitrogen and oxygen atoms in total. The Labute approximate surface area is 173 Å². The molecule has 8 heteroatoms. The molecule has 0 spiro atoms. The van der Waals surface area contributed by atoms with E-state index in [-0.39, 0.29) is 19.1 Å². The van der Waals surface area contributed by atoms with Crippen LogP contribution in [0.2, 0.25) is 5.02 Å². The van der Waals surface area contributed by atoms with Crippen LogP contribution >= 0.6 is 11.6 Å². The third-order valence-corrected chi connectivity index (χ3v) is 5.86. The Bertz CT molecular complexity index is 700. The van der Waals surface area contributed by atoms with Crippen LogP contribution in [0.5, 0.6) is 5.75 Å². The van der Waals surface area contributed by atoms with Gasteiger partial charge in [-0.2, -0.15) is 8.42 Å². The maximum atomic E-state index is 11.9. The second-order valence-corrected chi connectivity index (χ2v) is 9.55. The number of halogens is 1. The Morgan fingerprint density at radius 3 is 2.39 bits per heavy atom. The number of hydrogen-bond acceptors (Lipinski definition) is 6. The normalized spacial score (nSPS) is 20.1. The predicted octanol–water partition coefficient (Wildman–Crippen LogP) is 3.79. The number of unbranched alkanes of at least 4 members (excludes halogenated alkanes) is 1. The van der Waals surface area contributed by atoms with Gasteiger partial charge >= 0.3 is 5.97 Å². The molecule has 28 heavy (non-hydrogen) atoms. The molecule has 0 atom stereocenters. The second-order valence-electron chi connectivity index (χ2n) is 7.47. The zero-order valence-electron chi connectivity index (χ0n) is 16.4. The van der Waals surface area contributed by atoms with E-state index in [1.54, 1.807) is 24.3 Å². The molecule has 0 amide bonds. The summed E-state index contributed by atoms with van der Waals surface area (Å²) in [7, 11) is -3.32. The first-order valence-electron chi connectivity index (χ1n) is 9.83. The van der Waals surface area contributed by atoms with Gasteiger partial charge in [0.05, 0.1) is 19.4 Å². The quantitative estimate of drug-likeness (QED) is 0.248. The monoisotopic (exact) mass is 431 g/mol. The number of ether oxygens (including phenoxy) is 1. The molecule has 0 heterocycles. The van der Waals surface area contributed by atoms with Gasteiger partial charge in [0.25, 0.3) is 10.1 Å². The lowest BCUT2D eigenvalue weighted by molar-refractivity contribution is -0.133. The van der Waals surface area contributed by atoms with E-state index < -0.39 is 10.1 Å². The van der Waals surface area contributed by atoms with Gasteiger partial charge in [-0.1, -0.05) is 37.3 Å². The van der Waals surface area contributed by atoms with Gasteiger partial charge in [0.2, 0.25) is 0 Å². The summed E-state index contributed by atoms with van der Waals surface area (Å²) in [4.78, 5) is 11.9. The number of hydrogen-bond donors (Lipinski definition) is 1. The van der Waals surface area contributed by atoms with Crippen molar-refractivity contribution >= 4 is 27.7 Å². The van der Waals surface area contributed by atoms with E-state index >= 15 is 0 Å². The van der Waals surface area contributed by atoms with E-state index in [4.69, 9.17) is 20.5 Å². The van der Waals surface area contributed by atoms with Crippen molar-refractivity contribution in [1.29, 1.82) is 0 Å². The van der Waals surface area contributed by atoms with Crippen LogP contribution in [-0.2, 0) is 19.1 Å². The van der Waals surface area contributed by atoms with Gasteiger partial charge in [0, 0.05) is 5.02 Å². The lowest BCUT2D eigenvalue weighted by atomic mass is 9.80. The summed E-state index contributed by atoms with van der Waals surface area (Å²) in [5, 5.41) is 3.81. The van der Waals surface area contributed by atoms with Gasteiger partial charge in [-0.05, 0) is 61.9 Å². The zero-order chi connectivity index (χ0) is 20.4. The van der Waals surface area contributed by atoms with E-state index in [2.05, 4.69) is 5.32 Å². The number of benzene rings is 1. The van der Waals surface area contributed by atoms with Crippen molar-refractivity contribution in [2.75, 3.05) is 26.0 Å². The minimum atomic E-state index is -3.32. The molecular formula is C20H30ClNO5S. The largest absolute Gasteiger partial charge is 0.426 e. The van der Waals surface area contributed by atoms with Crippen molar-refractivity contribution in [1.82, 2.24) is 5.32 Å². The summed E-state index contributed by atoms with van der Waals surface area (Å²) in [6.07, 6.45) is 8.68. The van der Waals surface area contributed by atoms with E-state index in [0.717, 1.165) is 44.9 Å². The highest BCUT2D eigenvalue weighted by molar-refractivity contribution is 7.85. The molecule has 0 saturated heterocycles. The Balaban J connectivity index is 1.51. The first kappa shape index (κ1) is 23.1. The van der Waals surface area contributed by atoms with Gasteiger partial charge in [0.1, 0.15) is 5.75 Å². The maximum absolute atomic E-state index is 11.9. The minimum Gasteiger partial charge on any atom is -0.426 e. The summed E-state index contributed by atoms with van der Waals surface area (Å²) in [5.74, 6) is 1.50. The summed E-state index contributed by atoms with van der Waals surface area (Å²) in [5.41, 5.74) is 0. The van der Waals surface area contributed by atoms with Crippen molar-refractivity contribution in [2.24, 2.45) is 11.8 Å². The average molecular weight is 432 g/mol. The SMILES string of the molecule is CS(=O)(=O)OCCCCC1CCC(CNCC(=O)Oc2ccc(Cl)cc2)CC1. The molecule has 1 aliphatic rings. The minimum absolute atomic E-state index is 0.197. The van der Waals surface area contributed by atoms with Crippen LogP contribution in [0.25, 0.3) is 0 Å². The van der Waals surface area contributed by atoms with Gasteiger partial charge in [-0.3, -0.25) is 8.98 Å². The lowest BCUT2D eigenvalue weighted by Gasteiger charge is -2.28. The van der Waals surface area contributed by atoms with Crippen molar-refractivity contribution in [3.05, 3.63) is 29.3 Å². The summed E-state index contributed by atoms with van der Waals surface area (Å²) >= 11 is 5.81. The fraction of sp³-hybridized carbons (Fsp3) is 0.650. The molecule has 0 aliphatic heterocycles. The first-order chi connectivity index (χ1) is 13.3. The molecule has 0 aromatic heterocycles. The third-order valence-electron chi connectivity index (χ3n) is 5.02. The zero-order valence-corrected chi connectivity index (χ0v) is 17.9. The van der Waals surface area contributed by atoms with E-state index in [0.29, 0.717) is 22.6 Å². The molecule has 0 radical (unpaired) electrons. The third kappa shape index (κ3) is 9.87. The molecule has 1 aromatic carbocycles. The molecule has 0 bridgehead atoms. The van der Waals surface area contributed by atoms with E-state index in [9.17, 15) is 13.2 Å². The highest BCUT2D eigenvalue weighted by Crippen LogP contribution is 2.31. The smallest absolute Gasteiger partial charge is 0.325 e. The first-order valence-corrected chi connectivity index (χ1v) is 12.0. The van der Waals surface area contributed by atoms with Gasteiger partial charge in [0.15, 0.2) is 0 Å². The Morgan fingerprint density at radius 1 is 1.11 bits per heavy atom. The maximum Gasteiger partial charge on any atom is 0.325 e. The molecule has 1 saturated carbocycles. The van der Waals surface area contributed by atoms with E-state index in [1.165, 1.54) is 12.8 Å². The highest BCUT2D eigenvalue weighted by atomic mass is 35.5. The fourth-order valence-electron chi connectivity index (χ4n) is 3.52. The number of carbonyl (C=O) groups excluding carboxylic acids is 1. The van der Waals surface area contributed by atoms with Crippen LogP contribution in [0.4, 0.5) is 0 Å². The molecule has 1 aromatic rings. The number of nitrogens with one attached hydrogen (secondary N) is 1. The fourth-order valence-corrected chi connectivity index (χ4v) is 4.06. The van der Waals surface area contributed by atoms with Gasteiger partial charge in [-0.15, -0.1) is 0 Å². The van der Waals surface area contributed by atoms with Crippen molar-refractivity contribution < 1.29 is 22.1 Å². The van der Waals surface area contributed by atoms with Crippen LogP contribution < -0.4 is 10.1 Å². The van der Waals surface area contributed by atoms with Gasteiger partial charge in [-0.25, -0.2) is 0 Å². The summed E-state index contributed by atoms with van der Waals surface area (Å²) in [6, 6.07) is 6.73. The Hall–Kier alpha value is -1.15. The Morgan fingerprint density at radius 2 is 1.75 bits per heavy atom. The lowest BCUT2D eigenvalue weighted by Crippen LogP contribution is -2.32. The highest BCUT2D eigenvalue weighted by Gasteiger charge is 2.21. The molecule has 1 N–H and O–H groups in total. The van der Waals surface area contributed by atoms with Crippen molar-refractivity contribution in [3.63, 3.8) is 0 Å². The van der Waals surface area contributed by atoms with Crippen LogP contribution in [0.15, 0.2) is 24.3 Å². The van der Waals surface area contributed by atoms with Crippen LogP contribution in [-0.4, -0.2) is 40.3 Å². The summed E-state index contributed by atoms with van der Waals surface area (Å²) < 4.78 is 31.8. The van der Waals surface area contributed by atoms with E-state index in [1.807, 2.05) is 0 Å². The summed E-state index contributed by atoms with van der Waals surface area (Å²) in [6.45, 7) is 1.30. The molecular weight excluding hydrogens is 402 g/mol. The molecule has 1 aliphatic carbocycles. The van der Waals surface area contributed by atoms with Crippen molar-refractivity contribution in [3.8, 4) is 5.75 Å².